The van der Waals surface area contributed by atoms with Gasteiger partial charge >= 0.3 is 0 Å². The van der Waals surface area contributed by atoms with E-state index in [0.29, 0.717) is 0 Å². The molecule has 0 radical (unpaired) electrons. The van der Waals surface area contributed by atoms with E-state index in [9.17, 15) is 0 Å². The Hall–Kier alpha value is -0.210. The highest BCUT2D eigenvalue weighted by atomic mass is 35.5. The lowest BCUT2D eigenvalue weighted by Gasteiger charge is -2.40. The SMILES string of the molecule is CCc1nn(CC)c(CC2(CCl)CCC2)c1Cl. The summed E-state index contributed by atoms with van der Waals surface area (Å²) in [5, 5.41) is 5.43. The van der Waals surface area contributed by atoms with Crippen LogP contribution in [0, 0.1) is 5.41 Å². The fourth-order valence-electron chi connectivity index (χ4n) is 2.58. The van der Waals surface area contributed by atoms with Crippen LogP contribution in [0.3, 0.4) is 0 Å². The van der Waals surface area contributed by atoms with Crippen molar-refractivity contribution in [3.63, 3.8) is 0 Å². The molecule has 0 aromatic carbocycles. The van der Waals surface area contributed by atoms with Crippen molar-refractivity contribution in [2.45, 2.75) is 52.5 Å². The lowest BCUT2D eigenvalue weighted by Crippen LogP contribution is -2.34. The molecule has 1 aromatic rings. The first-order chi connectivity index (χ1) is 8.15. The second-order valence-corrected chi connectivity index (χ2v) is 5.69. The Morgan fingerprint density at radius 3 is 2.47 bits per heavy atom. The molecular weight excluding hydrogens is 255 g/mol. The average molecular weight is 275 g/mol. The topological polar surface area (TPSA) is 17.8 Å². The number of alkyl halides is 1. The van der Waals surface area contributed by atoms with Crippen molar-refractivity contribution in [1.82, 2.24) is 9.78 Å². The van der Waals surface area contributed by atoms with Gasteiger partial charge in [0.05, 0.1) is 16.4 Å². The first-order valence-electron chi connectivity index (χ1n) is 6.46. The van der Waals surface area contributed by atoms with E-state index in [1.165, 1.54) is 25.0 Å². The van der Waals surface area contributed by atoms with Gasteiger partial charge in [0.15, 0.2) is 0 Å². The Labute approximate surface area is 113 Å². The monoisotopic (exact) mass is 274 g/mol. The molecule has 0 unspecified atom stereocenters. The molecule has 17 heavy (non-hydrogen) atoms. The zero-order valence-corrected chi connectivity index (χ0v) is 12.1. The molecule has 0 bridgehead atoms. The molecule has 2 rings (SSSR count). The molecule has 0 saturated heterocycles. The van der Waals surface area contributed by atoms with Crippen LogP contribution in [0.1, 0.15) is 44.5 Å². The van der Waals surface area contributed by atoms with Gasteiger partial charge in [0.2, 0.25) is 0 Å². The van der Waals surface area contributed by atoms with Crippen LogP contribution in [0.2, 0.25) is 5.02 Å². The summed E-state index contributed by atoms with van der Waals surface area (Å²) in [6.45, 7) is 5.09. The highest BCUT2D eigenvalue weighted by Crippen LogP contribution is 2.45. The fraction of sp³-hybridized carbons (Fsp3) is 0.769. The predicted molar refractivity (Wildman–Crippen MR) is 73.0 cm³/mol. The zero-order valence-electron chi connectivity index (χ0n) is 10.6. The Bertz CT molecular complexity index is 389. The van der Waals surface area contributed by atoms with Gasteiger partial charge in [0.1, 0.15) is 0 Å². The molecule has 0 N–H and O–H groups in total. The van der Waals surface area contributed by atoms with Crippen LogP contribution in [-0.4, -0.2) is 15.7 Å². The molecule has 1 aliphatic carbocycles. The molecule has 2 nitrogen and oxygen atoms in total. The van der Waals surface area contributed by atoms with Gasteiger partial charge in [-0.25, -0.2) is 0 Å². The maximum atomic E-state index is 6.43. The molecule has 96 valence electrons. The predicted octanol–water partition coefficient (Wildman–Crippen LogP) is 4.07. The minimum absolute atomic E-state index is 0.281. The van der Waals surface area contributed by atoms with Gasteiger partial charge in [-0.2, -0.15) is 5.10 Å². The van der Waals surface area contributed by atoms with Gasteiger partial charge in [0.25, 0.3) is 0 Å². The van der Waals surface area contributed by atoms with Crippen LogP contribution in [-0.2, 0) is 19.4 Å². The first kappa shape index (κ1) is 13.2. The van der Waals surface area contributed by atoms with E-state index >= 15 is 0 Å². The molecule has 0 aliphatic heterocycles. The normalized spacial score (nSPS) is 18.1. The highest BCUT2D eigenvalue weighted by Gasteiger charge is 2.38. The number of halogens is 2. The molecular formula is C13H20Cl2N2. The summed E-state index contributed by atoms with van der Waals surface area (Å²) in [6, 6.07) is 0. The van der Waals surface area contributed by atoms with Crippen molar-refractivity contribution in [2.75, 3.05) is 5.88 Å². The summed E-state index contributed by atoms with van der Waals surface area (Å²) in [5.74, 6) is 0.736. The van der Waals surface area contributed by atoms with Crippen LogP contribution in [0.5, 0.6) is 0 Å². The summed E-state index contributed by atoms with van der Waals surface area (Å²) in [7, 11) is 0. The van der Waals surface area contributed by atoms with Gasteiger partial charge in [-0.05, 0) is 38.0 Å². The fourth-order valence-corrected chi connectivity index (χ4v) is 3.27. The molecule has 1 aliphatic rings. The van der Waals surface area contributed by atoms with E-state index in [-0.39, 0.29) is 5.41 Å². The van der Waals surface area contributed by atoms with Crippen molar-refractivity contribution in [3.8, 4) is 0 Å². The van der Waals surface area contributed by atoms with E-state index in [2.05, 4.69) is 18.9 Å². The van der Waals surface area contributed by atoms with Gasteiger partial charge < -0.3 is 0 Å². The Kier molecular flexibility index (Phi) is 4.04. The lowest BCUT2D eigenvalue weighted by molar-refractivity contribution is 0.162. The number of nitrogens with zero attached hydrogens (tertiary/aromatic N) is 2. The Morgan fingerprint density at radius 2 is 2.06 bits per heavy atom. The minimum atomic E-state index is 0.281. The van der Waals surface area contributed by atoms with Crippen molar-refractivity contribution in [1.29, 1.82) is 0 Å². The van der Waals surface area contributed by atoms with Gasteiger partial charge in [0, 0.05) is 12.4 Å². The standard InChI is InChI=1S/C13H20Cl2N2/c1-3-10-12(15)11(17(4-2)16-10)8-13(9-14)6-5-7-13/h3-9H2,1-2H3. The molecule has 0 atom stereocenters. The Balaban J connectivity index is 2.27. The largest absolute Gasteiger partial charge is 0.268 e. The Morgan fingerprint density at radius 1 is 1.35 bits per heavy atom. The summed E-state index contributed by atoms with van der Waals surface area (Å²) >= 11 is 12.6. The van der Waals surface area contributed by atoms with Crippen molar-refractivity contribution < 1.29 is 0 Å². The quantitative estimate of drug-likeness (QED) is 0.741. The minimum Gasteiger partial charge on any atom is -0.268 e. The first-order valence-corrected chi connectivity index (χ1v) is 7.37. The van der Waals surface area contributed by atoms with E-state index in [1.807, 2.05) is 4.68 Å². The third-order valence-electron chi connectivity index (χ3n) is 3.93. The van der Waals surface area contributed by atoms with Crippen molar-refractivity contribution in [3.05, 3.63) is 16.4 Å². The molecule has 1 aromatic heterocycles. The highest BCUT2D eigenvalue weighted by molar-refractivity contribution is 6.31. The van der Waals surface area contributed by atoms with Crippen LogP contribution < -0.4 is 0 Å². The van der Waals surface area contributed by atoms with E-state index in [4.69, 9.17) is 23.2 Å². The smallest absolute Gasteiger partial charge is 0.0850 e. The number of hydrogen-bond acceptors (Lipinski definition) is 1. The third kappa shape index (κ3) is 2.34. The van der Waals surface area contributed by atoms with E-state index < -0.39 is 0 Å². The molecule has 1 saturated carbocycles. The lowest BCUT2D eigenvalue weighted by atomic mass is 9.67. The number of aryl methyl sites for hydroxylation is 2. The summed E-state index contributed by atoms with van der Waals surface area (Å²) < 4.78 is 2.05. The number of hydrogen-bond donors (Lipinski definition) is 0. The van der Waals surface area contributed by atoms with Gasteiger partial charge in [-0.1, -0.05) is 24.9 Å². The third-order valence-corrected chi connectivity index (χ3v) is 4.94. The van der Waals surface area contributed by atoms with E-state index in [0.717, 1.165) is 36.0 Å². The van der Waals surface area contributed by atoms with Gasteiger partial charge in [-0.3, -0.25) is 4.68 Å². The number of rotatable bonds is 5. The second kappa shape index (κ2) is 5.19. The second-order valence-electron chi connectivity index (χ2n) is 5.04. The molecule has 0 spiro atoms. The number of aromatic nitrogens is 2. The maximum absolute atomic E-state index is 6.43. The molecule has 1 fully saturated rings. The summed E-state index contributed by atoms with van der Waals surface area (Å²) in [6.07, 6.45) is 5.63. The average Bonchev–Trinajstić information content (AvgIpc) is 2.60. The van der Waals surface area contributed by atoms with E-state index in [1.54, 1.807) is 0 Å². The van der Waals surface area contributed by atoms with Crippen LogP contribution >= 0.6 is 23.2 Å². The van der Waals surface area contributed by atoms with Crippen LogP contribution in [0.4, 0.5) is 0 Å². The van der Waals surface area contributed by atoms with Crippen molar-refractivity contribution >= 4 is 23.2 Å². The summed E-state index contributed by atoms with van der Waals surface area (Å²) in [4.78, 5) is 0. The zero-order chi connectivity index (χ0) is 12.5. The van der Waals surface area contributed by atoms with Crippen LogP contribution in [0.15, 0.2) is 0 Å². The van der Waals surface area contributed by atoms with Crippen molar-refractivity contribution in [2.24, 2.45) is 5.41 Å². The summed E-state index contributed by atoms with van der Waals surface area (Å²) in [5.41, 5.74) is 2.49. The van der Waals surface area contributed by atoms with Crippen LogP contribution in [0.25, 0.3) is 0 Å². The molecule has 0 amide bonds. The molecule has 4 heteroatoms. The maximum Gasteiger partial charge on any atom is 0.0850 e. The molecule has 1 heterocycles. The van der Waals surface area contributed by atoms with Gasteiger partial charge in [-0.15, -0.1) is 11.6 Å².